The Morgan fingerprint density at radius 1 is 1.32 bits per heavy atom. The maximum Gasteiger partial charge on any atom is 0.341 e. The number of esters is 1. The summed E-state index contributed by atoms with van der Waals surface area (Å²) in [4.78, 5) is 13.6. The van der Waals surface area contributed by atoms with Crippen molar-refractivity contribution < 1.29 is 13.9 Å². The first kappa shape index (κ1) is 21.5. The van der Waals surface area contributed by atoms with Crippen LogP contribution in [0.1, 0.15) is 44.2 Å². The lowest BCUT2D eigenvalue weighted by Crippen LogP contribution is -2.21. The Labute approximate surface area is 189 Å². The smallest absolute Gasteiger partial charge is 0.341 e. The van der Waals surface area contributed by atoms with Crippen molar-refractivity contribution in [3.05, 3.63) is 63.0 Å². The number of nitrogens with zero attached hydrogens (tertiary/aromatic N) is 2. The van der Waals surface area contributed by atoms with E-state index in [0.717, 1.165) is 47.5 Å². The lowest BCUT2D eigenvalue weighted by molar-refractivity contribution is 0.0601. The quantitative estimate of drug-likeness (QED) is 0.422. The minimum Gasteiger partial charge on any atom is -0.465 e. The molecule has 1 aromatic carbocycles. The van der Waals surface area contributed by atoms with Crippen molar-refractivity contribution in [1.29, 1.82) is 0 Å². The molecule has 0 unspecified atom stereocenters. The Kier molecular flexibility index (Phi) is 6.06. The van der Waals surface area contributed by atoms with Crippen LogP contribution in [0.25, 0.3) is 0 Å². The van der Waals surface area contributed by atoms with Crippen molar-refractivity contribution >= 4 is 45.3 Å². The number of carbonyl (C=O) groups is 1. The van der Waals surface area contributed by atoms with Crippen LogP contribution >= 0.6 is 23.6 Å². The van der Waals surface area contributed by atoms with E-state index in [1.54, 1.807) is 17.4 Å². The molecule has 2 N–H and O–H groups in total. The minimum atomic E-state index is -0.347. The number of fused-ring (bicyclic) bond motifs is 1. The molecule has 0 saturated heterocycles. The molecule has 1 aliphatic rings. The second-order valence-electron chi connectivity index (χ2n) is 7.47. The van der Waals surface area contributed by atoms with Crippen LogP contribution in [-0.2, 0) is 24.1 Å². The van der Waals surface area contributed by atoms with E-state index in [0.29, 0.717) is 22.2 Å². The maximum atomic E-state index is 13.5. The standard InChI is InChI=1S/C22H23FN4O2S2/c1-12-19(13(2)27(26-12)11-14-6-4-7-15(23)10-14)24-22(30)25-20-18(21(28)29-3)16-8-5-9-17(16)31-20/h4,6-7,10H,5,8-9,11H2,1-3H3,(H2,24,25,30). The Hall–Kier alpha value is -2.78. The Balaban J connectivity index is 1.52. The van der Waals surface area contributed by atoms with Gasteiger partial charge in [0, 0.05) is 4.88 Å². The van der Waals surface area contributed by atoms with E-state index in [1.165, 1.54) is 24.1 Å². The maximum absolute atomic E-state index is 13.5. The monoisotopic (exact) mass is 458 g/mol. The molecule has 162 valence electrons. The highest BCUT2D eigenvalue weighted by molar-refractivity contribution is 7.80. The summed E-state index contributed by atoms with van der Waals surface area (Å²) in [6.07, 6.45) is 2.90. The number of carbonyl (C=O) groups excluding carboxylic acids is 1. The highest BCUT2D eigenvalue weighted by atomic mass is 32.1. The lowest BCUT2D eigenvalue weighted by Gasteiger charge is -2.12. The zero-order valence-electron chi connectivity index (χ0n) is 17.5. The van der Waals surface area contributed by atoms with Gasteiger partial charge < -0.3 is 15.4 Å². The van der Waals surface area contributed by atoms with Crippen LogP contribution in [0.3, 0.4) is 0 Å². The molecule has 0 saturated carbocycles. The van der Waals surface area contributed by atoms with Gasteiger partial charge in [0.2, 0.25) is 0 Å². The van der Waals surface area contributed by atoms with E-state index in [2.05, 4.69) is 15.7 Å². The fourth-order valence-electron chi connectivity index (χ4n) is 3.90. The van der Waals surface area contributed by atoms with Crippen LogP contribution in [0, 0.1) is 19.7 Å². The number of hydrogen-bond donors (Lipinski definition) is 2. The van der Waals surface area contributed by atoms with Crippen LogP contribution < -0.4 is 10.6 Å². The first-order chi connectivity index (χ1) is 14.9. The van der Waals surface area contributed by atoms with E-state index in [-0.39, 0.29) is 11.8 Å². The van der Waals surface area contributed by atoms with Gasteiger partial charge in [0.25, 0.3) is 0 Å². The van der Waals surface area contributed by atoms with Gasteiger partial charge in [0.15, 0.2) is 5.11 Å². The summed E-state index contributed by atoms with van der Waals surface area (Å²) < 4.78 is 20.3. The van der Waals surface area contributed by atoms with Crippen LogP contribution in [-0.4, -0.2) is 28.0 Å². The molecule has 3 aromatic rings. The fourth-order valence-corrected chi connectivity index (χ4v) is 5.45. The van der Waals surface area contributed by atoms with Crippen molar-refractivity contribution in [3.8, 4) is 0 Å². The summed E-state index contributed by atoms with van der Waals surface area (Å²) in [5.41, 5.74) is 4.93. The molecule has 2 aromatic heterocycles. The van der Waals surface area contributed by atoms with E-state index in [9.17, 15) is 9.18 Å². The molecule has 0 spiro atoms. The lowest BCUT2D eigenvalue weighted by atomic mass is 10.1. The van der Waals surface area contributed by atoms with Crippen LogP contribution in [0.5, 0.6) is 0 Å². The predicted molar refractivity (Wildman–Crippen MR) is 125 cm³/mol. The number of rotatable bonds is 5. The highest BCUT2D eigenvalue weighted by Gasteiger charge is 2.27. The molecule has 0 atom stereocenters. The summed E-state index contributed by atoms with van der Waals surface area (Å²) in [5.74, 6) is -0.619. The average Bonchev–Trinajstić information content (AvgIpc) is 3.37. The highest BCUT2D eigenvalue weighted by Crippen LogP contribution is 2.39. The van der Waals surface area contributed by atoms with E-state index < -0.39 is 0 Å². The molecule has 6 nitrogen and oxygen atoms in total. The number of hydrogen-bond acceptors (Lipinski definition) is 5. The topological polar surface area (TPSA) is 68.2 Å². The molecule has 2 heterocycles. The van der Waals surface area contributed by atoms with Gasteiger partial charge in [-0.2, -0.15) is 5.10 Å². The first-order valence-corrected chi connectivity index (χ1v) is 11.2. The first-order valence-electron chi connectivity index (χ1n) is 9.96. The van der Waals surface area contributed by atoms with Gasteiger partial charge >= 0.3 is 5.97 Å². The molecular weight excluding hydrogens is 435 g/mol. The average molecular weight is 459 g/mol. The van der Waals surface area contributed by atoms with Gasteiger partial charge in [-0.1, -0.05) is 12.1 Å². The molecule has 31 heavy (non-hydrogen) atoms. The number of ether oxygens (including phenoxy) is 1. The Morgan fingerprint density at radius 2 is 2.13 bits per heavy atom. The van der Waals surface area contributed by atoms with E-state index in [4.69, 9.17) is 17.0 Å². The molecule has 9 heteroatoms. The van der Waals surface area contributed by atoms with Gasteiger partial charge in [0.1, 0.15) is 10.8 Å². The molecule has 0 aliphatic heterocycles. The molecule has 0 bridgehead atoms. The zero-order chi connectivity index (χ0) is 22.1. The van der Waals surface area contributed by atoms with Gasteiger partial charge in [-0.05, 0) is 68.6 Å². The van der Waals surface area contributed by atoms with Crippen molar-refractivity contribution in [2.75, 3.05) is 17.7 Å². The van der Waals surface area contributed by atoms with Crippen LogP contribution in [0.15, 0.2) is 24.3 Å². The van der Waals surface area contributed by atoms with Crippen molar-refractivity contribution in [3.63, 3.8) is 0 Å². The number of halogens is 1. The number of aryl methyl sites for hydroxylation is 2. The largest absolute Gasteiger partial charge is 0.465 e. The van der Waals surface area contributed by atoms with E-state index in [1.807, 2.05) is 24.6 Å². The third-order valence-corrected chi connectivity index (χ3v) is 6.79. The van der Waals surface area contributed by atoms with Crippen molar-refractivity contribution in [2.24, 2.45) is 0 Å². The summed E-state index contributed by atoms with van der Waals surface area (Å²) in [6.45, 7) is 4.28. The molecule has 0 amide bonds. The van der Waals surface area contributed by atoms with Gasteiger partial charge in [-0.3, -0.25) is 4.68 Å². The van der Waals surface area contributed by atoms with Crippen molar-refractivity contribution in [1.82, 2.24) is 9.78 Å². The summed E-state index contributed by atoms with van der Waals surface area (Å²) in [7, 11) is 1.39. The molecule has 0 radical (unpaired) electrons. The Morgan fingerprint density at radius 3 is 2.87 bits per heavy atom. The van der Waals surface area contributed by atoms with Gasteiger partial charge in [-0.25, -0.2) is 9.18 Å². The predicted octanol–water partition coefficient (Wildman–Crippen LogP) is 4.83. The summed E-state index contributed by atoms with van der Waals surface area (Å²) >= 11 is 7.08. The van der Waals surface area contributed by atoms with Crippen LogP contribution in [0.4, 0.5) is 15.1 Å². The third kappa shape index (κ3) is 4.33. The minimum absolute atomic E-state index is 0.271. The van der Waals surface area contributed by atoms with Crippen molar-refractivity contribution in [2.45, 2.75) is 39.7 Å². The van der Waals surface area contributed by atoms with Crippen LogP contribution in [0.2, 0.25) is 0 Å². The number of aromatic nitrogens is 2. The molecule has 1 aliphatic carbocycles. The second-order valence-corrected chi connectivity index (χ2v) is 8.98. The Bertz CT molecular complexity index is 1170. The normalized spacial score (nSPS) is 12.5. The van der Waals surface area contributed by atoms with Gasteiger partial charge in [-0.15, -0.1) is 11.3 Å². The third-order valence-electron chi connectivity index (χ3n) is 5.38. The van der Waals surface area contributed by atoms with Gasteiger partial charge in [0.05, 0.1) is 36.3 Å². The number of nitrogens with one attached hydrogen (secondary N) is 2. The zero-order valence-corrected chi connectivity index (χ0v) is 19.2. The summed E-state index contributed by atoms with van der Waals surface area (Å²) in [6, 6.07) is 6.47. The summed E-state index contributed by atoms with van der Waals surface area (Å²) in [5, 5.41) is 12.0. The second kappa shape index (κ2) is 8.76. The SMILES string of the molecule is COC(=O)c1c(NC(=S)Nc2c(C)nn(Cc3cccc(F)c3)c2C)sc2c1CCC2. The molecule has 4 rings (SSSR count). The van der Waals surface area contributed by atoms with E-state index >= 15 is 0 Å². The number of benzene rings is 1. The number of thiophene rings is 1. The number of anilines is 2. The molecular formula is C22H23FN4O2S2. The molecule has 0 fully saturated rings. The fraction of sp³-hybridized carbons (Fsp3) is 0.318. The number of methoxy groups -OCH3 is 1. The number of thiocarbonyl (C=S) groups is 1.